The maximum absolute atomic E-state index is 11.6. The van der Waals surface area contributed by atoms with Crippen molar-refractivity contribution in [2.45, 2.75) is 34.1 Å². The summed E-state index contributed by atoms with van der Waals surface area (Å²) in [7, 11) is 0. The number of carbonyl (C=O) groups is 1. The second-order valence-corrected chi connectivity index (χ2v) is 6.56. The number of thiazole rings is 1. The summed E-state index contributed by atoms with van der Waals surface area (Å²) >= 11 is 1.57. The van der Waals surface area contributed by atoms with E-state index in [2.05, 4.69) is 44.0 Å². The predicted molar refractivity (Wildman–Crippen MR) is 89.1 cm³/mol. The molecule has 2 heterocycles. The molecule has 4 nitrogen and oxygen atoms in total. The Morgan fingerprint density at radius 2 is 2.00 bits per heavy atom. The molecule has 2 aromatic heterocycles. The maximum Gasteiger partial charge on any atom is 0.354 e. The van der Waals surface area contributed by atoms with Gasteiger partial charge in [0.25, 0.3) is 0 Å². The minimum absolute atomic E-state index is 0.263. The average molecular weight is 314 g/mol. The summed E-state index contributed by atoms with van der Waals surface area (Å²) in [5.41, 5.74) is 5.27. The van der Waals surface area contributed by atoms with Gasteiger partial charge in [0, 0.05) is 4.88 Å². The van der Waals surface area contributed by atoms with Crippen LogP contribution in [0.5, 0.6) is 0 Å². The third-order valence-corrected chi connectivity index (χ3v) is 5.21. The molecule has 3 aromatic rings. The van der Waals surface area contributed by atoms with Crippen LogP contribution in [0.3, 0.4) is 0 Å². The van der Waals surface area contributed by atoms with E-state index in [1.165, 1.54) is 11.1 Å². The highest BCUT2D eigenvalue weighted by molar-refractivity contribution is 7.17. The highest BCUT2D eigenvalue weighted by Crippen LogP contribution is 2.35. The SMILES string of the molecule is CCc1sc2nc(C)c(C(=O)O)n2c1-c1ccc(C)c(C)c1. The number of rotatable bonds is 3. The lowest BCUT2D eigenvalue weighted by atomic mass is 10.0. The fraction of sp³-hybridized carbons (Fsp3) is 0.294. The Labute approximate surface area is 133 Å². The number of aromatic nitrogens is 2. The van der Waals surface area contributed by atoms with Crippen LogP contribution >= 0.6 is 11.3 Å². The molecule has 0 aliphatic carbocycles. The predicted octanol–water partition coefficient (Wildman–Crippen LogP) is 4.25. The molecule has 0 fully saturated rings. The number of fused-ring (bicyclic) bond motifs is 1. The van der Waals surface area contributed by atoms with Crippen LogP contribution in [0, 0.1) is 20.8 Å². The lowest BCUT2D eigenvalue weighted by molar-refractivity contribution is 0.0688. The van der Waals surface area contributed by atoms with E-state index in [9.17, 15) is 9.90 Å². The molecule has 3 rings (SSSR count). The lowest BCUT2D eigenvalue weighted by Gasteiger charge is -2.08. The molecule has 0 spiro atoms. The van der Waals surface area contributed by atoms with Crippen molar-refractivity contribution in [2.24, 2.45) is 0 Å². The Kier molecular flexibility index (Phi) is 3.53. The van der Waals surface area contributed by atoms with Crippen molar-refractivity contribution in [3.8, 4) is 11.3 Å². The van der Waals surface area contributed by atoms with Crippen molar-refractivity contribution in [1.29, 1.82) is 0 Å². The third-order valence-electron chi connectivity index (χ3n) is 4.03. The Hall–Kier alpha value is -2.14. The minimum Gasteiger partial charge on any atom is -0.477 e. The molecule has 5 heteroatoms. The van der Waals surface area contributed by atoms with Gasteiger partial charge in [-0.15, -0.1) is 11.3 Å². The van der Waals surface area contributed by atoms with E-state index in [1.54, 1.807) is 22.7 Å². The number of imidazole rings is 1. The van der Waals surface area contributed by atoms with Gasteiger partial charge >= 0.3 is 5.97 Å². The van der Waals surface area contributed by atoms with Gasteiger partial charge in [0.1, 0.15) is 0 Å². The van der Waals surface area contributed by atoms with Gasteiger partial charge in [-0.05, 0) is 49.9 Å². The van der Waals surface area contributed by atoms with E-state index < -0.39 is 5.97 Å². The molecular weight excluding hydrogens is 296 g/mol. The minimum atomic E-state index is -0.935. The summed E-state index contributed by atoms with van der Waals surface area (Å²) in [4.78, 5) is 18.0. The highest BCUT2D eigenvalue weighted by Gasteiger charge is 2.23. The molecule has 0 saturated heterocycles. The Bertz CT molecular complexity index is 890. The molecule has 0 unspecified atom stereocenters. The third kappa shape index (κ3) is 2.13. The molecule has 22 heavy (non-hydrogen) atoms. The number of carboxylic acids is 1. The second-order valence-electron chi connectivity index (χ2n) is 5.50. The molecule has 114 valence electrons. The summed E-state index contributed by atoms with van der Waals surface area (Å²) in [5, 5.41) is 9.55. The number of hydrogen-bond donors (Lipinski definition) is 1. The van der Waals surface area contributed by atoms with Crippen LogP contribution in [-0.4, -0.2) is 20.5 Å². The van der Waals surface area contributed by atoms with Crippen LogP contribution in [0.15, 0.2) is 18.2 Å². The van der Waals surface area contributed by atoms with Crippen molar-refractivity contribution in [3.05, 3.63) is 45.6 Å². The van der Waals surface area contributed by atoms with E-state index in [0.717, 1.165) is 27.5 Å². The van der Waals surface area contributed by atoms with Crippen molar-refractivity contribution in [1.82, 2.24) is 9.38 Å². The fourth-order valence-electron chi connectivity index (χ4n) is 2.73. The average Bonchev–Trinajstić information content (AvgIpc) is 2.95. The molecule has 0 aliphatic heterocycles. The van der Waals surface area contributed by atoms with E-state index in [0.29, 0.717) is 5.69 Å². The van der Waals surface area contributed by atoms with E-state index in [4.69, 9.17) is 0 Å². The van der Waals surface area contributed by atoms with Crippen molar-refractivity contribution in [3.63, 3.8) is 0 Å². The Morgan fingerprint density at radius 3 is 2.59 bits per heavy atom. The second kappa shape index (κ2) is 5.25. The van der Waals surface area contributed by atoms with Gasteiger partial charge in [-0.2, -0.15) is 0 Å². The highest BCUT2D eigenvalue weighted by atomic mass is 32.1. The van der Waals surface area contributed by atoms with Gasteiger partial charge in [-0.1, -0.05) is 19.1 Å². The monoisotopic (exact) mass is 314 g/mol. The molecule has 0 radical (unpaired) electrons. The molecule has 0 amide bonds. The van der Waals surface area contributed by atoms with E-state index in [1.807, 2.05) is 0 Å². The van der Waals surface area contributed by atoms with Crippen LogP contribution in [0.4, 0.5) is 0 Å². The summed E-state index contributed by atoms with van der Waals surface area (Å²) in [5.74, 6) is -0.935. The maximum atomic E-state index is 11.6. The van der Waals surface area contributed by atoms with Gasteiger partial charge in [0.2, 0.25) is 0 Å². The molecule has 0 saturated carbocycles. The first-order chi connectivity index (χ1) is 10.4. The lowest BCUT2D eigenvalue weighted by Crippen LogP contribution is -2.05. The molecule has 0 atom stereocenters. The van der Waals surface area contributed by atoms with Crippen molar-refractivity contribution in [2.75, 3.05) is 0 Å². The van der Waals surface area contributed by atoms with Crippen LogP contribution < -0.4 is 0 Å². The molecule has 0 bridgehead atoms. The van der Waals surface area contributed by atoms with Gasteiger partial charge in [0.15, 0.2) is 10.7 Å². The molecule has 1 aromatic carbocycles. The number of hydrogen-bond acceptors (Lipinski definition) is 3. The topological polar surface area (TPSA) is 54.6 Å². The smallest absolute Gasteiger partial charge is 0.354 e. The zero-order valence-corrected chi connectivity index (χ0v) is 13.9. The zero-order valence-electron chi connectivity index (χ0n) is 13.1. The van der Waals surface area contributed by atoms with Gasteiger partial charge < -0.3 is 5.11 Å². The van der Waals surface area contributed by atoms with Crippen molar-refractivity contribution >= 4 is 22.3 Å². The number of benzene rings is 1. The molecule has 0 aliphatic rings. The van der Waals surface area contributed by atoms with Gasteiger partial charge in [-0.3, -0.25) is 4.40 Å². The van der Waals surface area contributed by atoms with Crippen LogP contribution in [0.2, 0.25) is 0 Å². The number of aryl methyl sites for hydroxylation is 4. The molecular formula is C17H18N2O2S. The first-order valence-corrected chi connectivity index (χ1v) is 8.07. The fourth-order valence-corrected chi connectivity index (χ4v) is 3.86. The number of carboxylic acid groups (broad SMARTS) is 1. The van der Waals surface area contributed by atoms with E-state index in [-0.39, 0.29) is 5.69 Å². The Morgan fingerprint density at radius 1 is 1.27 bits per heavy atom. The van der Waals surface area contributed by atoms with Crippen LogP contribution in [0.25, 0.3) is 16.2 Å². The van der Waals surface area contributed by atoms with Crippen LogP contribution in [-0.2, 0) is 6.42 Å². The van der Waals surface area contributed by atoms with Crippen molar-refractivity contribution < 1.29 is 9.90 Å². The quantitative estimate of drug-likeness (QED) is 0.786. The molecule has 1 N–H and O–H groups in total. The number of nitrogens with zero attached hydrogens (tertiary/aromatic N) is 2. The zero-order chi connectivity index (χ0) is 16.0. The van der Waals surface area contributed by atoms with Gasteiger partial charge in [0.05, 0.1) is 11.4 Å². The summed E-state index contributed by atoms with van der Waals surface area (Å²) < 4.78 is 1.80. The van der Waals surface area contributed by atoms with E-state index >= 15 is 0 Å². The van der Waals surface area contributed by atoms with Gasteiger partial charge in [-0.25, -0.2) is 9.78 Å². The standard InChI is InChI=1S/C17H18N2O2S/c1-5-13-15(12-7-6-9(2)10(3)8-12)19-14(16(20)21)11(4)18-17(19)22-13/h6-8H,5H2,1-4H3,(H,20,21). The summed E-state index contributed by atoms with van der Waals surface area (Å²) in [6.45, 7) is 7.99. The first-order valence-electron chi connectivity index (χ1n) is 7.25. The largest absolute Gasteiger partial charge is 0.477 e. The first kappa shape index (κ1) is 14.8. The summed E-state index contributed by atoms with van der Waals surface area (Å²) in [6, 6.07) is 6.26. The van der Waals surface area contributed by atoms with Crippen LogP contribution in [0.1, 0.15) is 39.1 Å². The number of aromatic carboxylic acids is 1. The Balaban J connectivity index is 2.39. The normalized spacial score (nSPS) is 11.3. The summed E-state index contributed by atoms with van der Waals surface area (Å²) in [6.07, 6.45) is 0.856.